The molecule has 6 rings (SSSR count). The van der Waals surface area contributed by atoms with Crippen molar-refractivity contribution in [2.24, 2.45) is 15.7 Å². The van der Waals surface area contributed by atoms with E-state index in [0.29, 0.717) is 34.2 Å². The van der Waals surface area contributed by atoms with E-state index in [2.05, 4.69) is 32.8 Å². The molecule has 1 unspecified atom stereocenters. The van der Waals surface area contributed by atoms with Gasteiger partial charge in [0.05, 0.1) is 0 Å². The van der Waals surface area contributed by atoms with Gasteiger partial charge < -0.3 is 0 Å². The molecule has 1 aliphatic heterocycles. The van der Waals surface area contributed by atoms with Gasteiger partial charge in [-0.3, -0.25) is 0 Å². The molecule has 6 nitrogen and oxygen atoms in total. The molecule has 1 heterocycles. The Morgan fingerprint density at radius 1 is 0.705 bits per heavy atom. The fraction of sp³-hybridized carbons (Fsp3) is 0.111. The molecule has 222 valence electrons. The average Bonchev–Trinajstić information content (AvgIpc) is 3.09. The summed E-state index contributed by atoms with van der Waals surface area (Å²) in [5.41, 5.74) is 8.19. The van der Waals surface area contributed by atoms with Crippen LogP contribution in [0.15, 0.2) is 156 Å². The van der Waals surface area contributed by atoms with E-state index < -0.39 is 13.1 Å². The van der Waals surface area contributed by atoms with Crippen molar-refractivity contribution < 1.29 is 8.93 Å². The van der Waals surface area contributed by atoms with Gasteiger partial charge in [0, 0.05) is 0 Å². The van der Waals surface area contributed by atoms with Crippen LogP contribution in [0.3, 0.4) is 0 Å². The molecular formula is C36H35FN5OP. The van der Waals surface area contributed by atoms with Gasteiger partial charge in [0.15, 0.2) is 0 Å². The molecule has 0 saturated carbocycles. The van der Waals surface area contributed by atoms with Crippen LogP contribution < -0.4 is 37.0 Å². The van der Waals surface area contributed by atoms with Gasteiger partial charge in [-0.2, -0.15) is 0 Å². The number of ether oxygens (including phenoxy) is 1. The Kier molecular flexibility index (Phi) is 8.40. The van der Waals surface area contributed by atoms with Gasteiger partial charge >= 0.3 is 222 Å². The molecule has 0 aromatic heterocycles. The van der Waals surface area contributed by atoms with E-state index in [-0.39, 0.29) is 12.3 Å². The molecule has 1 atom stereocenters. The van der Waals surface area contributed by atoms with E-state index in [1.54, 1.807) is 0 Å². The van der Waals surface area contributed by atoms with E-state index in [0.717, 1.165) is 12.0 Å². The zero-order valence-corrected chi connectivity index (χ0v) is 25.2. The molecule has 44 heavy (non-hydrogen) atoms. The summed E-state index contributed by atoms with van der Waals surface area (Å²) in [4.78, 5) is 9.16. The summed E-state index contributed by atoms with van der Waals surface area (Å²) in [6, 6.07) is 46.0. The van der Waals surface area contributed by atoms with Gasteiger partial charge in [0.25, 0.3) is 0 Å². The standard InChI is InChI=1S/C36H35FN5OP/c37-44(31-15-7-2-8-16-31,32-17-9-3-10-18-32,33-19-11-4-12-20-33)27-43-30-23-21-29(22-24-30)34-40-35(38)42-36(41-34)39-26-25-28-13-5-1-6-14-28/h1-24,34H,25-27H2,(H4,38,39,40,41,42). The molecular weight excluding hydrogens is 568 g/mol. The van der Waals surface area contributed by atoms with E-state index in [1.807, 2.05) is 133 Å². The van der Waals surface area contributed by atoms with Gasteiger partial charge in [-0.05, 0) is 5.56 Å². The van der Waals surface area contributed by atoms with Crippen molar-refractivity contribution in [3.05, 3.63) is 157 Å². The van der Waals surface area contributed by atoms with Crippen LogP contribution in [0.2, 0.25) is 0 Å². The normalized spacial score (nSPS) is 16.6. The van der Waals surface area contributed by atoms with Gasteiger partial charge in [-0.25, -0.2) is 0 Å². The van der Waals surface area contributed by atoms with Crippen molar-refractivity contribution in [1.82, 2.24) is 10.6 Å². The van der Waals surface area contributed by atoms with E-state index in [1.165, 1.54) is 5.56 Å². The molecule has 0 bridgehead atoms. The number of aliphatic imine (C=N–C) groups is 2. The quantitative estimate of drug-likeness (QED) is 0.183. The molecule has 8 heteroatoms. The van der Waals surface area contributed by atoms with Gasteiger partial charge in [-0.1, -0.05) is 30.3 Å². The molecule has 0 fully saturated rings. The molecule has 4 N–H and O–H groups in total. The van der Waals surface area contributed by atoms with Crippen LogP contribution in [-0.2, 0) is 6.42 Å². The summed E-state index contributed by atoms with van der Waals surface area (Å²) >= 11 is 0. The average molecular weight is 604 g/mol. The fourth-order valence-electron chi connectivity index (χ4n) is 5.50. The van der Waals surface area contributed by atoms with Crippen LogP contribution in [0, 0.1) is 0 Å². The Labute approximate surface area is 257 Å². The molecule has 1 aliphatic rings. The molecule has 0 saturated heterocycles. The van der Waals surface area contributed by atoms with Gasteiger partial charge in [0.2, 0.25) is 0 Å². The first-order valence-corrected chi connectivity index (χ1v) is 16.9. The van der Waals surface area contributed by atoms with Crippen LogP contribution in [-0.4, -0.2) is 24.8 Å². The number of hydrogen-bond acceptors (Lipinski definition) is 4. The van der Waals surface area contributed by atoms with Crippen LogP contribution in [0.5, 0.6) is 5.75 Å². The number of hydrogen-bond donors (Lipinski definition) is 3. The molecule has 0 aliphatic carbocycles. The zero-order valence-electron chi connectivity index (χ0n) is 24.3. The fourth-order valence-corrected chi connectivity index (χ4v) is 9.62. The Hall–Kier alpha value is -5.00. The summed E-state index contributed by atoms with van der Waals surface area (Å²) < 4.78 is 25.1. The molecule has 0 spiro atoms. The third-order valence-corrected chi connectivity index (χ3v) is 12.6. The third-order valence-electron chi connectivity index (χ3n) is 7.85. The minimum atomic E-state index is -4.52. The zero-order chi connectivity index (χ0) is 30.3. The van der Waals surface area contributed by atoms with Crippen LogP contribution in [0.1, 0.15) is 17.3 Å². The second kappa shape index (κ2) is 12.7. The van der Waals surface area contributed by atoms with Crippen molar-refractivity contribution >= 4 is 34.7 Å². The first kappa shape index (κ1) is 29.1. The maximum atomic E-state index is 18.7. The predicted molar refractivity (Wildman–Crippen MR) is 181 cm³/mol. The van der Waals surface area contributed by atoms with Crippen molar-refractivity contribution in [3.8, 4) is 5.75 Å². The van der Waals surface area contributed by atoms with Crippen LogP contribution in [0.4, 0.5) is 4.20 Å². The second-order valence-corrected chi connectivity index (χ2v) is 14.9. The summed E-state index contributed by atoms with van der Waals surface area (Å²) in [5.74, 6) is 1.42. The van der Waals surface area contributed by atoms with E-state index >= 15 is 4.20 Å². The molecule has 0 amide bonds. The summed E-state index contributed by atoms with van der Waals surface area (Å²) in [7, 11) is 0. The summed E-state index contributed by atoms with van der Waals surface area (Å²) in [6.45, 7) is -3.92. The van der Waals surface area contributed by atoms with Crippen molar-refractivity contribution in [3.63, 3.8) is 0 Å². The van der Waals surface area contributed by atoms with Crippen LogP contribution in [0.25, 0.3) is 0 Å². The Morgan fingerprint density at radius 2 is 1.20 bits per heavy atom. The first-order chi connectivity index (χ1) is 21.5. The van der Waals surface area contributed by atoms with E-state index in [9.17, 15) is 0 Å². The summed E-state index contributed by atoms with van der Waals surface area (Å²) in [6.07, 6.45) is 0.257. The topological polar surface area (TPSA) is 84.0 Å². The molecule has 5 aromatic carbocycles. The molecule has 5 aromatic rings. The third kappa shape index (κ3) is 5.92. The van der Waals surface area contributed by atoms with Gasteiger partial charge in [0.1, 0.15) is 0 Å². The first-order valence-electron chi connectivity index (χ1n) is 14.6. The SMILES string of the molecule is NC1=NC(c2ccc(OCP(F)(c3ccccc3)(c3ccccc3)c3ccccc3)cc2)NC(=NCCc2ccccc2)N1. The van der Waals surface area contributed by atoms with Crippen molar-refractivity contribution in [1.29, 1.82) is 0 Å². The Bertz CT molecular complexity index is 1630. The van der Waals surface area contributed by atoms with Crippen molar-refractivity contribution in [2.75, 3.05) is 12.9 Å². The van der Waals surface area contributed by atoms with Gasteiger partial charge in [-0.15, -0.1) is 0 Å². The van der Waals surface area contributed by atoms with E-state index in [4.69, 9.17) is 10.5 Å². The molecule has 0 radical (unpaired) electrons. The minimum absolute atomic E-state index is 0.141. The maximum absolute atomic E-state index is 18.7. The number of benzene rings is 5. The number of nitrogens with zero attached hydrogens (tertiary/aromatic N) is 2. The van der Waals surface area contributed by atoms with Crippen LogP contribution >= 0.6 is 6.91 Å². The number of halogens is 1. The Morgan fingerprint density at radius 3 is 1.73 bits per heavy atom. The monoisotopic (exact) mass is 603 g/mol. The summed E-state index contributed by atoms with van der Waals surface area (Å²) in [5, 5.41) is 8.18. The Balaban J connectivity index is 1.24. The number of nitrogens with two attached hydrogens (primary N) is 1. The number of guanidine groups is 2. The number of nitrogens with one attached hydrogen (secondary N) is 2. The van der Waals surface area contributed by atoms with Crippen molar-refractivity contribution in [2.45, 2.75) is 12.6 Å². The second-order valence-electron chi connectivity index (χ2n) is 10.7. The number of rotatable bonds is 10. The predicted octanol–water partition coefficient (Wildman–Crippen LogP) is 5.54.